The Morgan fingerprint density at radius 2 is 2.10 bits per heavy atom. The van der Waals surface area contributed by atoms with E-state index in [4.69, 9.17) is 22.1 Å². The predicted molar refractivity (Wildman–Crippen MR) is 93.7 cm³/mol. The van der Waals surface area contributed by atoms with Gasteiger partial charge in [-0.1, -0.05) is 17.7 Å². The van der Waals surface area contributed by atoms with Gasteiger partial charge in [0, 0.05) is 9.26 Å². The molecule has 0 bridgehead atoms. The maximum absolute atomic E-state index is 12.1. The summed E-state index contributed by atoms with van der Waals surface area (Å²) in [5.41, 5.74) is 6.66. The van der Waals surface area contributed by atoms with Crippen LogP contribution in [0.15, 0.2) is 42.5 Å². The second-order valence-electron chi connectivity index (χ2n) is 4.45. The monoisotopic (exact) mass is 416 g/mol. The Bertz CT molecular complexity index is 664. The number of nitrogens with one attached hydrogen (secondary N) is 1. The van der Waals surface area contributed by atoms with Gasteiger partial charge >= 0.3 is 0 Å². The number of anilines is 2. The molecule has 0 aliphatic carbocycles. The van der Waals surface area contributed by atoms with E-state index < -0.39 is 6.10 Å². The van der Waals surface area contributed by atoms with Crippen molar-refractivity contribution in [3.05, 3.63) is 51.1 Å². The Kier molecular flexibility index (Phi) is 5.30. The topological polar surface area (TPSA) is 64.3 Å². The Hall–Kier alpha value is -1.47. The molecule has 2 aromatic rings. The first-order valence-corrected chi connectivity index (χ1v) is 7.69. The molecule has 0 aliphatic rings. The third-order valence-electron chi connectivity index (χ3n) is 2.73. The molecule has 110 valence electrons. The van der Waals surface area contributed by atoms with Gasteiger partial charge in [-0.05, 0) is 65.9 Å². The number of nitrogens with two attached hydrogens (primary N) is 1. The molecule has 0 aliphatic heterocycles. The molecule has 2 aromatic carbocycles. The van der Waals surface area contributed by atoms with Crippen molar-refractivity contribution < 1.29 is 9.53 Å². The molecule has 0 radical (unpaired) electrons. The van der Waals surface area contributed by atoms with Crippen LogP contribution in [0, 0.1) is 3.57 Å². The highest BCUT2D eigenvalue weighted by Crippen LogP contribution is 2.24. The van der Waals surface area contributed by atoms with Crippen molar-refractivity contribution in [1.29, 1.82) is 0 Å². The molecule has 0 saturated carbocycles. The van der Waals surface area contributed by atoms with E-state index in [0.29, 0.717) is 22.1 Å². The molecular formula is C15H14ClIN2O2. The molecule has 21 heavy (non-hydrogen) atoms. The molecule has 0 spiro atoms. The molecule has 3 N–H and O–H groups in total. The second kappa shape index (κ2) is 7.00. The third-order valence-corrected chi connectivity index (χ3v) is 3.71. The number of ether oxygens (including phenoxy) is 1. The van der Waals surface area contributed by atoms with Gasteiger partial charge in [0.15, 0.2) is 6.10 Å². The molecule has 4 nitrogen and oxygen atoms in total. The quantitative estimate of drug-likeness (QED) is 0.586. The van der Waals surface area contributed by atoms with E-state index in [1.54, 1.807) is 25.1 Å². The summed E-state index contributed by atoms with van der Waals surface area (Å²) in [6, 6.07) is 12.4. The number of carbonyl (C=O) groups is 1. The maximum Gasteiger partial charge on any atom is 0.265 e. The highest BCUT2D eigenvalue weighted by atomic mass is 127. The minimum Gasteiger partial charge on any atom is -0.481 e. The summed E-state index contributed by atoms with van der Waals surface area (Å²) in [6.07, 6.45) is -0.642. The number of hydrogen-bond donors (Lipinski definition) is 2. The summed E-state index contributed by atoms with van der Waals surface area (Å²) < 4.78 is 6.65. The van der Waals surface area contributed by atoms with Crippen molar-refractivity contribution in [3.63, 3.8) is 0 Å². The highest BCUT2D eigenvalue weighted by molar-refractivity contribution is 14.1. The minimum absolute atomic E-state index is 0.277. The first-order valence-electron chi connectivity index (χ1n) is 6.24. The normalized spacial score (nSPS) is 11.8. The number of rotatable bonds is 4. The molecule has 0 fully saturated rings. The molecular weight excluding hydrogens is 403 g/mol. The van der Waals surface area contributed by atoms with E-state index in [-0.39, 0.29) is 5.91 Å². The van der Waals surface area contributed by atoms with Crippen molar-refractivity contribution in [3.8, 4) is 5.75 Å². The Balaban J connectivity index is 2.02. The van der Waals surface area contributed by atoms with Gasteiger partial charge in [0.25, 0.3) is 5.91 Å². The van der Waals surface area contributed by atoms with Crippen LogP contribution in [-0.4, -0.2) is 12.0 Å². The van der Waals surface area contributed by atoms with Gasteiger partial charge in [-0.2, -0.15) is 0 Å². The van der Waals surface area contributed by atoms with Gasteiger partial charge in [0.1, 0.15) is 5.75 Å². The molecule has 6 heteroatoms. The largest absolute Gasteiger partial charge is 0.481 e. The fourth-order valence-corrected chi connectivity index (χ4v) is 2.42. The molecule has 1 amide bonds. The Labute approximate surface area is 141 Å². The number of nitrogen functional groups attached to an aromatic ring is 1. The summed E-state index contributed by atoms with van der Waals surface area (Å²) in [4.78, 5) is 12.1. The van der Waals surface area contributed by atoms with Crippen LogP contribution < -0.4 is 15.8 Å². The molecule has 1 atom stereocenters. The van der Waals surface area contributed by atoms with Crippen LogP contribution in [0.4, 0.5) is 11.4 Å². The highest BCUT2D eigenvalue weighted by Gasteiger charge is 2.16. The van der Waals surface area contributed by atoms with E-state index in [9.17, 15) is 4.79 Å². The summed E-state index contributed by atoms with van der Waals surface area (Å²) in [6.45, 7) is 1.68. The molecule has 0 aromatic heterocycles. The van der Waals surface area contributed by atoms with E-state index >= 15 is 0 Å². The first kappa shape index (κ1) is 15.9. The minimum atomic E-state index is -0.642. The fraction of sp³-hybridized carbons (Fsp3) is 0.133. The van der Waals surface area contributed by atoms with Gasteiger partial charge in [-0.25, -0.2) is 0 Å². The molecule has 1 unspecified atom stereocenters. The van der Waals surface area contributed by atoms with E-state index in [0.717, 1.165) is 3.57 Å². The number of halogens is 2. The van der Waals surface area contributed by atoms with Gasteiger partial charge in [-0.3, -0.25) is 4.79 Å². The lowest BCUT2D eigenvalue weighted by Crippen LogP contribution is -2.30. The van der Waals surface area contributed by atoms with Crippen LogP contribution in [0.3, 0.4) is 0 Å². The second-order valence-corrected chi connectivity index (χ2v) is 6.10. The number of carbonyl (C=O) groups excluding carboxylic acids is 1. The lowest BCUT2D eigenvalue weighted by atomic mass is 10.2. The average Bonchev–Trinajstić information content (AvgIpc) is 2.41. The predicted octanol–water partition coefficient (Wildman–Crippen LogP) is 3.93. The van der Waals surface area contributed by atoms with Gasteiger partial charge in [-0.15, -0.1) is 0 Å². The maximum atomic E-state index is 12.1. The van der Waals surface area contributed by atoms with E-state index in [1.807, 2.05) is 24.3 Å². The zero-order chi connectivity index (χ0) is 15.4. The van der Waals surface area contributed by atoms with E-state index in [1.165, 1.54) is 0 Å². The number of amides is 1. The lowest BCUT2D eigenvalue weighted by molar-refractivity contribution is -0.122. The van der Waals surface area contributed by atoms with Crippen LogP contribution in [0.25, 0.3) is 0 Å². The summed E-state index contributed by atoms with van der Waals surface area (Å²) >= 11 is 8.21. The summed E-state index contributed by atoms with van der Waals surface area (Å²) in [7, 11) is 0. The standard InChI is InChI=1S/C15H14ClIN2O2/c1-9(21-12-4-2-3-10(17)7-12)15(20)19-14-6-5-11(18)8-13(14)16/h2-9H,18H2,1H3,(H,19,20). The summed E-state index contributed by atoms with van der Waals surface area (Å²) in [5.74, 6) is 0.369. The van der Waals surface area contributed by atoms with Crippen LogP contribution in [0.1, 0.15) is 6.92 Å². The average molecular weight is 417 g/mol. The number of hydrogen-bond acceptors (Lipinski definition) is 3. The van der Waals surface area contributed by atoms with Crippen LogP contribution in [-0.2, 0) is 4.79 Å². The van der Waals surface area contributed by atoms with Crippen LogP contribution >= 0.6 is 34.2 Å². The van der Waals surface area contributed by atoms with Crippen LogP contribution in [0.2, 0.25) is 5.02 Å². The lowest BCUT2D eigenvalue weighted by Gasteiger charge is -2.15. The molecule has 2 rings (SSSR count). The SMILES string of the molecule is CC(Oc1cccc(I)c1)C(=O)Nc1ccc(N)cc1Cl. The van der Waals surface area contributed by atoms with Crippen molar-refractivity contribution in [1.82, 2.24) is 0 Å². The van der Waals surface area contributed by atoms with Crippen LogP contribution in [0.5, 0.6) is 5.75 Å². The van der Waals surface area contributed by atoms with Gasteiger partial charge < -0.3 is 15.8 Å². The van der Waals surface area contributed by atoms with Gasteiger partial charge in [0.05, 0.1) is 10.7 Å². The summed E-state index contributed by atoms with van der Waals surface area (Å²) in [5, 5.41) is 3.11. The smallest absolute Gasteiger partial charge is 0.265 e. The number of benzene rings is 2. The first-order chi connectivity index (χ1) is 9.95. The van der Waals surface area contributed by atoms with E-state index in [2.05, 4.69) is 27.9 Å². The fourth-order valence-electron chi connectivity index (χ4n) is 1.67. The Morgan fingerprint density at radius 1 is 1.33 bits per heavy atom. The zero-order valence-corrected chi connectivity index (χ0v) is 14.2. The van der Waals surface area contributed by atoms with Crippen molar-refractivity contribution in [2.75, 3.05) is 11.1 Å². The third kappa shape index (κ3) is 4.50. The zero-order valence-electron chi connectivity index (χ0n) is 11.3. The molecule has 0 saturated heterocycles. The van der Waals surface area contributed by atoms with Gasteiger partial charge in [0.2, 0.25) is 0 Å². The van der Waals surface area contributed by atoms with Crippen molar-refractivity contribution >= 4 is 51.5 Å². The van der Waals surface area contributed by atoms with Crippen molar-refractivity contribution in [2.45, 2.75) is 13.0 Å². The van der Waals surface area contributed by atoms with Crippen molar-refractivity contribution in [2.24, 2.45) is 0 Å². The Morgan fingerprint density at radius 3 is 2.76 bits per heavy atom. The molecule has 0 heterocycles.